The summed E-state index contributed by atoms with van der Waals surface area (Å²) in [6.45, 7) is 9.06. The highest BCUT2D eigenvalue weighted by Crippen LogP contribution is 2.30. The first kappa shape index (κ1) is 14.4. The largest absolute Gasteiger partial charge is 0.497 e. The van der Waals surface area contributed by atoms with Crippen molar-refractivity contribution in [1.29, 1.82) is 0 Å². The van der Waals surface area contributed by atoms with Crippen molar-refractivity contribution >= 4 is 0 Å². The van der Waals surface area contributed by atoms with Crippen LogP contribution in [0.2, 0.25) is 0 Å². The number of nitrogens with zero attached hydrogens (tertiary/aromatic N) is 1. The predicted octanol–water partition coefficient (Wildman–Crippen LogP) is 2.69. The Balaban J connectivity index is 2.19. The third-order valence-electron chi connectivity index (χ3n) is 3.77. The lowest BCUT2D eigenvalue weighted by molar-refractivity contribution is 0.154. The molecule has 3 nitrogen and oxygen atoms in total. The second-order valence-electron chi connectivity index (χ2n) is 5.71. The Bertz CT molecular complexity index is 386. The van der Waals surface area contributed by atoms with Crippen LogP contribution < -0.4 is 10.1 Å². The minimum atomic E-state index is 0.511. The molecule has 1 aromatic rings. The van der Waals surface area contributed by atoms with Crippen molar-refractivity contribution in [3.8, 4) is 5.75 Å². The Morgan fingerprint density at radius 1 is 1.26 bits per heavy atom. The van der Waals surface area contributed by atoms with Crippen LogP contribution in [0.4, 0.5) is 0 Å². The van der Waals surface area contributed by atoms with Gasteiger partial charge in [-0.15, -0.1) is 0 Å². The molecule has 0 aromatic heterocycles. The van der Waals surface area contributed by atoms with E-state index >= 15 is 0 Å². The monoisotopic (exact) mass is 262 g/mol. The number of piperazine rings is 1. The first-order valence-corrected chi connectivity index (χ1v) is 7.29. The lowest BCUT2D eigenvalue weighted by Crippen LogP contribution is -2.45. The van der Waals surface area contributed by atoms with Crippen LogP contribution in [0.5, 0.6) is 5.75 Å². The van der Waals surface area contributed by atoms with Crippen LogP contribution in [0, 0.1) is 5.92 Å². The van der Waals surface area contributed by atoms with Crippen LogP contribution in [0.3, 0.4) is 0 Å². The summed E-state index contributed by atoms with van der Waals surface area (Å²) in [6.07, 6.45) is 1.20. The standard InChI is InChI=1S/C16H26N2O/c1-13(2)11-16(18-9-7-17-8-10-18)14-5-4-6-15(12-14)19-3/h4-6,12-13,16-17H,7-11H2,1-3H3. The molecular weight excluding hydrogens is 236 g/mol. The molecule has 0 spiro atoms. The Morgan fingerprint density at radius 2 is 2.00 bits per heavy atom. The van der Waals surface area contributed by atoms with Gasteiger partial charge in [-0.3, -0.25) is 4.90 Å². The van der Waals surface area contributed by atoms with Gasteiger partial charge < -0.3 is 10.1 Å². The molecule has 1 aliphatic rings. The van der Waals surface area contributed by atoms with Gasteiger partial charge in [-0.1, -0.05) is 26.0 Å². The molecule has 19 heavy (non-hydrogen) atoms. The zero-order chi connectivity index (χ0) is 13.7. The molecule has 1 aliphatic heterocycles. The first-order chi connectivity index (χ1) is 9.20. The van der Waals surface area contributed by atoms with Gasteiger partial charge in [0.25, 0.3) is 0 Å². The van der Waals surface area contributed by atoms with Gasteiger partial charge in [-0.2, -0.15) is 0 Å². The zero-order valence-electron chi connectivity index (χ0n) is 12.4. The van der Waals surface area contributed by atoms with Gasteiger partial charge >= 0.3 is 0 Å². The number of ether oxygens (including phenoxy) is 1. The van der Waals surface area contributed by atoms with E-state index in [0.29, 0.717) is 12.0 Å². The Labute approximate surface area is 116 Å². The summed E-state index contributed by atoms with van der Waals surface area (Å²) in [5.41, 5.74) is 1.38. The minimum absolute atomic E-state index is 0.511. The van der Waals surface area contributed by atoms with E-state index in [-0.39, 0.29) is 0 Å². The van der Waals surface area contributed by atoms with Crippen LogP contribution in [-0.2, 0) is 0 Å². The lowest BCUT2D eigenvalue weighted by Gasteiger charge is -2.36. The molecule has 1 heterocycles. The molecule has 1 saturated heterocycles. The SMILES string of the molecule is COc1cccc(C(CC(C)C)N2CCNCC2)c1. The number of rotatable bonds is 5. The fourth-order valence-electron chi connectivity index (χ4n) is 2.79. The first-order valence-electron chi connectivity index (χ1n) is 7.29. The normalized spacial score (nSPS) is 18.5. The molecule has 0 aliphatic carbocycles. The van der Waals surface area contributed by atoms with Crippen LogP contribution in [0.15, 0.2) is 24.3 Å². The molecule has 1 N–H and O–H groups in total. The molecule has 1 unspecified atom stereocenters. The summed E-state index contributed by atoms with van der Waals surface area (Å²) in [5.74, 6) is 1.66. The number of nitrogens with one attached hydrogen (secondary N) is 1. The molecular formula is C16H26N2O. The van der Waals surface area contributed by atoms with E-state index in [1.54, 1.807) is 7.11 Å². The zero-order valence-corrected chi connectivity index (χ0v) is 12.4. The average Bonchev–Trinajstić information content (AvgIpc) is 2.45. The van der Waals surface area contributed by atoms with Crippen molar-refractivity contribution in [1.82, 2.24) is 10.2 Å². The smallest absolute Gasteiger partial charge is 0.119 e. The second-order valence-corrected chi connectivity index (χ2v) is 5.71. The molecule has 0 amide bonds. The van der Waals surface area contributed by atoms with Crippen molar-refractivity contribution in [3.05, 3.63) is 29.8 Å². The average molecular weight is 262 g/mol. The van der Waals surface area contributed by atoms with Gasteiger partial charge in [0.15, 0.2) is 0 Å². The van der Waals surface area contributed by atoms with Gasteiger partial charge in [-0.25, -0.2) is 0 Å². The van der Waals surface area contributed by atoms with Crippen LogP contribution in [0.25, 0.3) is 0 Å². The van der Waals surface area contributed by atoms with Gasteiger partial charge in [-0.05, 0) is 30.0 Å². The van der Waals surface area contributed by atoms with E-state index in [1.807, 2.05) is 6.07 Å². The minimum Gasteiger partial charge on any atom is -0.497 e. The molecule has 1 aromatic carbocycles. The van der Waals surface area contributed by atoms with Crippen molar-refractivity contribution < 1.29 is 4.74 Å². The van der Waals surface area contributed by atoms with Gasteiger partial charge in [0.05, 0.1) is 7.11 Å². The Hall–Kier alpha value is -1.06. The highest BCUT2D eigenvalue weighted by Gasteiger charge is 2.23. The van der Waals surface area contributed by atoms with Crippen molar-refractivity contribution in [2.24, 2.45) is 5.92 Å². The van der Waals surface area contributed by atoms with E-state index in [1.165, 1.54) is 12.0 Å². The number of hydrogen-bond acceptors (Lipinski definition) is 3. The Morgan fingerprint density at radius 3 is 2.63 bits per heavy atom. The number of hydrogen-bond donors (Lipinski definition) is 1. The van der Waals surface area contributed by atoms with E-state index in [2.05, 4.69) is 42.3 Å². The van der Waals surface area contributed by atoms with Crippen LogP contribution >= 0.6 is 0 Å². The van der Waals surface area contributed by atoms with Gasteiger partial charge in [0, 0.05) is 32.2 Å². The molecule has 3 heteroatoms. The maximum Gasteiger partial charge on any atom is 0.119 e. The van der Waals surface area contributed by atoms with Crippen LogP contribution in [-0.4, -0.2) is 38.2 Å². The van der Waals surface area contributed by atoms with Gasteiger partial charge in [0.2, 0.25) is 0 Å². The summed E-state index contributed by atoms with van der Waals surface area (Å²) in [6, 6.07) is 9.06. The van der Waals surface area contributed by atoms with Crippen LogP contribution in [0.1, 0.15) is 31.9 Å². The summed E-state index contributed by atoms with van der Waals surface area (Å²) < 4.78 is 5.37. The van der Waals surface area contributed by atoms with E-state index in [0.717, 1.165) is 31.9 Å². The molecule has 1 atom stereocenters. The van der Waals surface area contributed by atoms with Gasteiger partial charge in [0.1, 0.15) is 5.75 Å². The third-order valence-corrected chi connectivity index (χ3v) is 3.77. The maximum absolute atomic E-state index is 5.37. The van der Waals surface area contributed by atoms with E-state index in [4.69, 9.17) is 4.74 Å². The molecule has 0 radical (unpaired) electrons. The number of benzene rings is 1. The summed E-state index contributed by atoms with van der Waals surface area (Å²) in [7, 11) is 1.74. The van der Waals surface area contributed by atoms with Crippen molar-refractivity contribution in [2.75, 3.05) is 33.3 Å². The molecule has 106 valence electrons. The summed E-state index contributed by atoms with van der Waals surface area (Å²) in [4.78, 5) is 2.60. The highest BCUT2D eigenvalue weighted by atomic mass is 16.5. The predicted molar refractivity (Wildman–Crippen MR) is 79.6 cm³/mol. The lowest BCUT2D eigenvalue weighted by atomic mass is 9.95. The quantitative estimate of drug-likeness (QED) is 0.883. The fourth-order valence-corrected chi connectivity index (χ4v) is 2.79. The number of methoxy groups -OCH3 is 1. The molecule has 0 saturated carbocycles. The Kier molecular flexibility index (Phi) is 5.23. The fraction of sp³-hybridized carbons (Fsp3) is 0.625. The topological polar surface area (TPSA) is 24.5 Å². The highest BCUT2D eigenvalue weighted by molar-refractivity contribution is 5.30. The molecule has 0 bridgehead atoms. The summed E-state index contributed by atoms with van der Waals surface area (Å²) in [5, 5.41) is 3.43. The maximum atomic E-state index is 5.37. The van der Waals surface area contributed by atoms with Crippen molar-refractivity contribution in [2.45, 2.75) is 26.3 Å². The van der Waals surface area contributed by atoms with Crippen molar-refractivity contribution in [3.63, 3.8) is 0 Å². The molecule has 2 rings (SSSR count). The molecule has 1 fully saturated rings. The van der Waals surface area contributed by atoms with E-state index in [9.17, 15) is 0 Å². The second kappa shape index (κ2) is 6.92. The summed E-state index contributed by atoms with van der Waals surface area (Å²) >= 11 is 0. The van der Waals surface area contributed by atoms with E-state index < -0.39 is 0 Å². The third kappa shape index (κ3) is 3.95.